The third-order valence-corrected chi connectivity index (χ3v) is 2.96. The topological polar surface area (TPSA) is 78.6 Å². The zero-order chi connectivity index (χ0) is 10.9. The minimum absolute atomic E-state index is 0.0340. The van der Waals surface area contributed by atoms with Gasteiger partial charge in [-0.15, -0.1) is 0 Å². The highest BCUT2D eigenvalue weighted by Crippen LogP contribution is 2.31. The van der Waals surface area contributed by atoms with Gasteiger partial charge in [-0.3, -0.25) is 0 Å². The van der Waals surface area contributed by atoms with Gasteiger partial charge in [0.1, 0.15) is 0 Å². The fourth-order valence-electron chi connectivity index (χ4n) is 1.32. The first-order chi connectivity index (χ1) is 7.07. The highest BCUT2D eigenvalue weighted by molar-refractivity contribution is 7.89. The molecule has 1 aromatic rings. The van der Waals surface area contributed by atoms with Gasteiger partial charge in [0.15, 0.2) is 11.5 Å². The van der Waals surface area contributed by atoms with E-state index in [9.17, 15) is 8.42 Å². The molecule has 0 saturated carbocycles. The molecule has 0 amide bonds. The Labute approximate surface area is 87.8 Å². The van der Waals surface area contributed by atoms with E-state index in [-0.39, 0.29) is 4.90 Å². The van der Waals surface area contributed by atoms with Crippen molar-refractivity contribution in [3.8, 4) is 11.5 Å². The summed E-state index contributed by atoms with van der Waals surface area (Å²) in [6, 6.07) is 4.35. The van der Waals surface area contributed by atoms with Gasteiger partial charge in [0.25, 0.3) is 0 Å². The molecule has 0 aromatic heterocycles. The third-order valence-electron chi connectivity index (χ3n) is 2.05. The molecule has 0 radical (unpaired) electrons. The van der Waals surface area contributed by atoms with Crippen molar-refractivity contribution in [2.75, 3.05) is 13.2 Å². The molecule has 1 aromatic carbocycles. The summed E-state index contributed by atoms with van der Waals surface area (Å²) in [6.45, 7) is 1.09. The Morgan fingerprint density at radius 2 is 1.80 bits per heavy atom. The number of ether oxygens (including phenoxy) is 2. The zero-order valence-electron chi connectivity index (χ0n) is 7.97. The molecular weight excluding hydrogens is 218 g/mol. The SMILES string of the molecule is NS(=O)(=O)c1ccc2c(c1)OCCCO2. The van der Waals surface area contributed by atoms with Crippen LogP contribution in [0, 0.1) is 0 Å². The van der Waals surface area contributed by atoms with Crippen LogP contribution in [0.4, 0.5) is 0 Å². The average molecular weight is 229 g/mol. The van der Waals surface area contributed by atoms with Crippen molar-refractivity contribution >= 4 is 10.0 Å². The number of sulfonamides is 1. The summed E-state index contributed by atoms with van der Waals surface area (Å²) < 4.78 is 32.9. The molecular formula is C9H11NO4S. The van der Waals surface area contributed by atoms with Crippen LogP contribution in [-0.2, 0) is 10.0 Å². The van der Waals surface area contributed by atoms with Crippen molar-refractivity contribution in [2.24, 2.45) is 5.14 Å². The first kappa shape index (κ1) is 10.3. The highest BCUT2D eigenvalue weighted by atomic mass is 32.2. The Balaban J connectivity index is 2.45. The normalized spacial score (nSPS) is 15.8. The first-order valence-electron chi connectivity index (χ1n) is 4.50. The molecule has 1 heterocycles. The van der Waals surface area contributed by atoms with Crippen molar-refractivity contribution < 1.29 is 17.9 Å². The van der Waals surface area contributed by atoms with Crippen LogP contribution in [0.15, 0.2) is 23.1 Å². The molecule has 0 aliphatic carbocycles. The number of hydrogen-bond acceptors (Lipinski definition) is 4. The lowest BCUT2D eigenvalue weighted by molar-refractivity contribution is 0.297. The molecule has 0 unspecified atom stereocenters. The molecule has 0 bridgehead atoms. The number of nitrogens with two attached hydrogens (primary N) is 1. The monoisotopic (exact) mass is 229 g/mol. The largest absolute Gasteiger partial charge is 0.490 e. The summed E-state index contributed by atoms with van der Waals surface area (Å²) in [5.41, 5.74) is 0. The molecule has 6 heteroatoms. The van der Waals surface area contributed by atoms with Gasteiger partial charge >= 0.3 is 0 Å². The van der Waals surface area contributed by atoms with Crippen LogP contribution in [0.25, 0.3) is 0 Å². The molecule has 5 nitrogen and oxygen atoms in total. The van der Waals surface area contributed by atoms with E-state index < -0.39 is 10.0 Å². The quantitative estimate of drug-likeness (QED) is 0.760. The van der Waals surface area contributed by atoms with Crippen LogP contribution in [0.3, 0.4) is 0 Å². The van der Waals surface area contributed by atoms with E-state index >= 15 is 0 Å². The van der Waals surface area contributed by atoms with Gasteiger partial charge in [-0.05, 0) is 12.1 Å². The van der Waals surface area contributed by atoms with E-state index in [1.807, 2.05) is 0 Å². The number of rotatable bonds is 1. The molecule has 0 atom stereocenters. The summed E-state index contributed by atoms with van der Waals surface area (Å²) >= 11 is 0. The van der Waals surface area contributed by atoms with Crippen LogP contribution in [-0.4, -0.2) is 21.6 Å². The van der Waals surface area contributed by atoms with Crippen molar-refractivity contribution in [3.05, 3.63) is 18.2 Å². The predicted molar refractivity (Wildman–Crippen MR) is 53.4 cm³/mol. The van der Waals surface area contributed by atoms with E-state index in [1.165, 1.54) is 12.1 Å². The van der Waals surface area contributed by atoms with Crippen LogP contribution in [0.2, 0.25) is 0 Å². The van der Waals surface area contributed by atoms with Crippen LogP contribution in [0.1, 0.15) is 6.42 Å². The van der Waals surface area contributed by atoms with E-state index in [0.717, 1.165) is 6.42 Å². The second-order valence-corrected chi connectivity index (χ2v) is 4.77. The Morgan fingerprint density at radius 1 is 1.13 bits per heavy atom. The Hall–Kier alpha value is -1.27. The molecule has 0 spiro atoms. The summed E-state index contributed by atoms with van der Waals surface area (Å²) in [5.74, 6) is 0.985. The minimum atomic E-state index is -3.68. The second-order valence-electron chi connectivity index (χ2n) is 3.20. The van der Waals surface area contributed by atoms with E-state index in [0.29, 0.717) is 24.7 Å². The van der Waals surface area contributed by atoms with Gasteiger partial charge in [-0.2, -0.15) is 0 Å². The smallest absolute Gasteiger partial charge is 0.238 e. The van der Waals surface area contributed by atoms with E-state index in [4.69, 9.17) is 14.6 Å². The zero-order valence-corrected chi connectivity index (χ0v) is 8.79. The van der Waals surface area contributed by atoms with Gasteiger partial charge < -0.3 is 9.47 Å². The number of primary sulfonamides is 1. The molecule has 0 fully saturated rings. The number of hydrogen-bond donors (Lipinski definition) is 1. The summed E-state index contributed by atoms with van der Waals surface area (Å²) in [6.07, 6.45) is 0.777. The van der Waals surface area contributed by atoms with Crippen molar-refractivity contribution in [3.63, 3.8) is 0 Å². The highest BCUT2D eigenvalue weighted by Gasteiger charge is 2.15. The average Bonchev–Trinajstić information content (AvgIpc) is 2.39. The summed E-state index contributed by atoms with van der Waals surface area (Å²) in [5, 5.41) is 5.00. The minimum Gasteiger partial charge on any atom is -0.490 e. The van der Waals surface area contributed by atoms with E-state index in [1.54, 1.807) is 6.07 Å². The second kappa shape index (κ2) is 3.71. The first-order valence-corrected chi connectivity index (χ1v) is 6.04. The molecule has 0 saturated heterocycles. The van der Waals surface area contributed by atoms with Crippen LogP contribution < -0.4 is 14.6 Å². The van der Waals surface area contributed by atoms with Crippen LogP contribution >= 0.6 is 0 Å². The fraction of sp³-hybridized carbons (Fsp3) is 0.333. The van der Waals surface area contributed by atoms with Crippen molar-refractivity contribution in [1.82, 2.24) is 0 Å². The Morgan fingerprint density at radius 3 is 2.47 bits per heavy atom. The number of benzene rings is 1. The Bertz CT molecular complexity index is 469. The predicted octanol–water partition coefficient (Wildman–Crippen LogP) is 0.495. The molecule has 2 N–H and O–H groups in total. The lowest BCUT2D eigenvalue weighted by atomic mass is 10.3. The lowest BCUT2D eigenvalue weighted by Crippen LogP contribution is -2.12. The van der Waals surface area contributed by atoms with Crippen molar-refractivity contribution in [2.45, 2.75) is 11.3 Å². The van der Waals surface area contributed by atoms with Gasteiger partial charge in [0.2, 0.25) is 10.0 Å². The Kier molecular flexibility index (Phi) is 2.54. The molecule has 82 valence electrons. The molecule has 15 heavy (non-hydrogen) atoms. The fourth-order valence-corrected chi connectivity index (χ4v) is 1.85. The molecule has 1 aliphatic heterocycles. The number of fused-ring (bicyclic) bond motifs is 1. The maximum atomic E-state index is 11.1. The van der Waals surface area contributed by atoms with Gasteiger partial charge in [-0.1, -0.05) is 0 Å². The van der Waals surface area contributed by atoms with Gasteiger partial charge in [-0.25, -0.2) is 13.6 Å². The lowest BCUT2D eigenvalue weighted by Gasteiger charge is -2.07. The maximum Gasteiger partial charge on any atom is 0.238 e. The van der Waals surface area contributed by atoms with Gasteiger partial charge in [0.05, 0.1) is 18.1 Å². The summed E-state index contributed by atoms with van der Waals surface area (Å²) in [4.78, 5) is 0.0340. The van der Waals surface area contributed by atoms with Gasteiger partial charge in [0, 0.05) is 12.5 Å². The standard InChI is InChI=1S/C9H11NO4S/c10-15(11,12)7-2-3-8-9(6-7)14-5-1-4-13-8/h2-3,6H,1,4-5H2,(H2,10,11,12). The third kappa shape index (κ3) is 2.21. The molecule has 2 rings (SSSR count). The van der Waals surface area contributed by atoms with Crippen LogP contribution in [0.5, 0.6) is 11.5 Å². The van der Waals surface area contributed by atoms with Crippen molar-refractivity contribution in [1.29, 1.82) is 0 Å². The summed E-state index contributed by atoms with van der Waals surface area (Å²) in [7, 11) is -3.68. The maximum absolute atomic E-state index is 11.1. The van der Waals surface area contributed by atoms with E-state index in [2.05, 4.69) is 0 Å². The molecule has 1 aliphatic rings.